The standard InChI is InChI=1S/C26H26N4O3/c1-3-23(32)29-15-19(16-29)26(2)13-14-27-25-22(17-31)24(28-30(25)26)18-9-11-21(12-10-18)33-20-7-5-4-6-8-20/h3-12,17,19,27H,1,13-16H2,2H3. The fourth-order valence-corrected chi connectivity index (χ4v) is 4.70. The fraction of sp³-hybridized carbons (Fsp3) is 0.269. The first-order valence-corrected chi connectivity index (χ1v) is 11.1. The summed E-state index contributed by atoms with van der Waals surface area (Å²) in [5.74, 6) is 2.44. The minimum atomic E-state index is -0.287. The Morgan fingerprint density at radius 2 is 1.85 bits per heavy atom. The monoisotopic (exact) mass is 442 g/mol. The molecule has 7 heteroatoms. The van der Waals surface area contributed by atoms with Crippen molar-refractivity contribution in [2.75, 3.05) is 25.0 Å². The van der Waals surface area contributed by atoms with Crippen LogP contribution in [0.1, 0.15) is 23.7 Å². The highest BCUT2D eigenvalue weighted by Gasteiger charge is 2.47. The molecule has 1 atom stereocenters. The normalized spacial score (nSPS) is 19.7. The van der Waals surface area contributed by atoms with E-state index in [1.165, 1.54) is 6.08 Å². The molecule has 7 nitrogen and oxygen atoms in total. The number of benzene rings is 2. The number of hydrogen-bond donors (Lipinski definition) is 1. The molecular formula is C26H26N4O3. The van der Waals surface area contributed by atoms with Gasteiger partial charge in [0.05, 0.1) is 11.1 Å². The van der Waals surface area contributed by atoms with E-state index >= 15 is 0 Å². The molecule has 0 spiro atoms. The molecule has 1 amide bonds. The van der Waals surface area contributed by atoms with E-state index in [-0.39, 0.29) is 17.4 Å². The van der Waals surface area contributed by atoms with Gasteiger partial charge in [-0.25, -0.2) is 4.68 Å². The number of aldehydes is 1. The number of rotatable bonds is 6. The molecule has 0 radical (unpaired) electrons. The van der Waals surface area contributed by atoms with Crippen molar-refractivity contribution in [3.05, 3.63) is 72.8 Å². The zero-order chi connectivity index (χ0) is 23.0. The van der Waals surface area contributed by atoms with Crippen LogP contribution in [-0.4, -0.2) is 46.5 Å². The van der Waals surface area contributed by atoms with Crippen molar-refractivity contribution in [1.82, 2.24) is 14.7 Å². The van der Waals surface area contributed by atoms with Gasteiger partial charge < -0.3 is 15.0 Å². The minimum absolute atomic E-state index is 0.0449. The summed E-state index contributed by atoms with van der Waals surface area (Å²) in [6, 6.07) is 17.2. The summed E-state index contributed by atoms with van der Waals surface area (Å²) in [7, 11) is 0. The largest absolute Gasteiger partial charge is 0.457 e. The lowest BCUT2D eigenvalue weighted by molar-refractivity contribution is -0.135. The first kappa shape index (κ1) is 21.0. The Balaban J connectivity index is 1.44. The van der Waals surface area contributed by atoms with Crippen LogP contribution in [0.4, 0.5) is 5.82 Å². The summed E-state index contributed by atoms with van der Waals surface area (Å²) in [6.45, 7) is 7.82. The third kappa shape index (κ3) is 3.59. The molecule has 1 saturated heterocycles. The number of anilines is 1. The van der Waals surface area contributed by atoms with Crippen LogP contribution in [-0.2, 0) is 10.3 Å². The molecule has 2 aliphatic heterocycles. The predicted octanol–water partition coefficient (Wildman–Crippen LogP) is 4.33. The highest BCUT2D eigenvalue weighted by Crippen LogP contribution is 2.43. The number of amides is 1. The molecule has 0 bridgehead atoms. The van der Waals surface area contributed by atoms with E-state index in [2.05, 4.69) is 18.8 Å². The lowest BCUT2D eigenvalue weighted by Crippen LogP contribution is -2.60. The van der Waals surface area contributed by atoms with E-state index in [4.69, 9.17) is 9.84 Å². The van der Waals surface area contributed by atoms with Crippen molar-refractivity contribution in [2.45, 2.75) is 18.9 Å². The van der Waals surface area contributed by atoms with E-state index in [1.807, 2.05) is 59.3 Å². The summed E-state index contributed by atoms with van der Waals surface area (Å²) in [5, 5.41) is 8.28. The lowest BCUT2D eigenvalue weighted by atomic mass is 9.77. The molecule has 168 valence electrons. The van der Waals surface area contributed by atoms with Crippen molar-refractivity contribution in [1.29, 1.82) is 0 Å². The Bertz CT molecular complexity index is 1200. The van der Waals surface area contributed by atoms with Crippen molar-refractivity contribution in [2.24, 2.45) is 5.92 Å². The second-order valence-corrected chi connectivity index (χ2v) is 8.76. The van der Waals surface area contributed by atoms with Crippen LogP contribution in [0.3, 0.4) is 0 Å². The number of nitrogens with one attached hydrogen (secondary N) is 1. The molecular weight excluding hydrogens is 416 g/mol. The molecule has 1 unspecified atom stereocenters. The molecule has 2 aliphatic rings. The van der Waals surface area contributed by atoms with Gasteiger partial charge in [-0.1, -0.05) is 24.8 Å². The molecule has 1 N–H and O–H groups in total. The molecule has 0 aliphatic carbocycles. The van der Waals surface area contributed by atoms with Gasteiger partial charge in [-0.3, -0.25) is 9.59 Å². The Morgan fingerprint density at radius 3 is 2.52 bits per heavy atom. The zero-order valence-corrected chi connectivity index (χ0v) is 18.5. The van der Waals surface area contributed by atoms with Gasteiger partial charge in [0, 0.05) is 31.1 Å². The summed E-state index contributed by atoms with van der Waals surface area (Å²) < 4.78 is 7.85. The Hall–Kier alpha value is -3.87. The third-order valence-electron chi connectivity index (χ3n) is 6.80. The molecule has 0 saturated carbocycles. The summed E-state index contributed by atoms with van der Waals surface area (Å²) >= 11 is 0. The molecule has 3 heterocycles. The fourth-order valence-electron chi connectivity index (χ4n) is 4.70. The molecule has 33 heavy (non-hydrogen) atoms. The van der Waals surface area contributed by atoms with Crippen molar-refractivity contribution in [3.8, 4) is 22.8 Å². The average Bonchev–Trinajstić information content (AvgIpc) is 3.19. The number of carbonyl (C=O) groups excluding carboxylic acids is 2. The van der Waals surface area contributed by atoms with E-state index in [1.54, 1.807) is 4.90 Å². The zero-order valence-electron chi connectivity index (χ0n) is 18.5. The first-order valence-electron chi connectivity index (χ1n) is 11.1. The maximum atomic E-state index is 12.1. The van der Waals surface area contributed by atoms with Crippen LogP contribution in [0.2, 0.25) is 0 Å². The van der Waals surface area contributed by atoms with Gasteiger partial charge >= 0.3 is 0 Å². The Morgan fingerprint density at radius 1 is 1.15 bits per heavy atom. The second-order valence-electron chi connectivity index (χ2n) is 8.76. The van der Waals surface area contributed by atoms with Gasteiger partial charge in [0.25, 0.3) is 0 Å². The van der Waals surface area contributed by atoms with Crippen molar-refractivity contribution >= 4 is 18.0 Å². The number of fused-ring (bicyclic) bond motifs is 1. The average molecular weight is 443 g/mol. The molecule has 3 aromatic rings. The summed E-state index contributed by atoms with van der Waals surface area (Å²) in [5.41, 5.74) is 1.76. The van der Waals surface area contributed by atoms with Crippen molar-refractivity contribution in [3.63, 3.8) is 0 Å². The first-order chi connectivity index (χ1) is 16.0. The van der Waals surface area contributed by atoms with Gasteiger partial charge in [-0.2, -0.15) is 5.10 Å². The number of nitrogens with zero attached hydrogens (tertiary/aromatic N) is 3. The van der Waals surface area contributed by atoms with Crippen LogP contribution in [0.25, 0.3) is 11.3 Å². The topological polar surface area (TPSA) is 76.5 Å². The van der Waals surface area contributed by atoms with E-state index in [0.29, 0.717) is 30.1 Å². The molecule has 1 fully saturated rings. The Labute approximate surface area is 192 Å². The van der Waals surface area contributed by atoms with Crippen LogP contribution in [0.15, 0.2) is 67.3 Å². The van der Waals surface area contributed by atoms with Gasteiger partial charge in [-0.05, 0) is 55.8 Å². The predicted molar refractivity (Wildman–Crippen MR) is 127 cm³/mol. The van der Waals surface area contributed by atoms with E-state index in [0.717, 1.165) is 36.4 Å². The Kier molecular flexibility index (Phi) is 5.24. The van der Waals surface area contributed by atoms with E-state index in [9.17, 15) is 9.59 Å². The van der Waals surface area contributed by atoms with Crippen LogP contribution in [0.5, 0.6) is 11.5 Å². The number of para-hydroxylation sites is 1. The molecule has 1 aromatic heterocycles. The minimum Gasteiger partial charge on any atom is -0.457 e. The molecule has 2 aromatic carbocycles. The van der Waals surface area contributed by atoms with Crippen LogP contribution in [0, 0.1) is 5.92 Å². The summed E-state index contributed by atoms with van der Waals surface area (Å²) in [6.07, 6.45) is 3.09. The maximum Gasteiger partial charge on any atom is 0.245 e. The van der Waals surface area contributed by atoms with Gasteiger partial charge in [0.2, 0.25) is 5.91 Å². The highest BCUT2D eigenvalue weighted by molar-refractivity contribution is 5.92. The van der Waals surface area contributed by atoms with Crippen molar-refractivity contribution < 1.29 is 14.3 Å². The SMILES string of the molecule is C=CC(=O)N1CC(C2(C)CCNc3c(C=O)c(-c4ccc(Oc5ccccc5)cc4)nn32)C1. The maximum absolute atomic E-state index is 12.1. The second kappa shape index (κ2) is 8.24. The number of aromatic nitrogens is 2. The highest BCUT2D eigenvalue weighted by atomic mass is 16.5. The number of hydrogen-bond acceptors (Lipinski definition) is 5. The lowest BCUT2D eigenvalue weighted by Gasteiger charge is -2.50. The smallest absolute Gasteiger partial charge is 0.245 e. The van der Waals surface area contributed by atoms with Crippen LogP contribution < -0.4 is 10.1 Å². The van der Waals surface area contributed by atoms with Gasteiger partial charge in [0.15, 0.2) is 6.29 Å². The van der Waals surface area contributed by atoms with Gasteiger partial charge in [-0.15, -0.1) is 0 Å². The molecule has 5 rings (SSSR count). The summed E-state index contributed by atoms with van der Waals surface area (Å²) in [4.78, 5) is 25.8. The third-order valence-corrected chi connectivity index (χ3v) is 6.80. The van der Waals surface area contributed by atoms with E-state index < -0.39 is 0 Å². The number of likely N-dealkylation sites (tertiary alicyclic amines) is 1. The number of ether oxygens (including phenoxy) is 1. The number of carbonyl (C=O) groups is 2. The quantitative estimate of drug-likeness (QED) is 0.454. The van der Waals surface area contributed by atoms with Crippen LogP contribution >= 0.6 is 0 Å². The van der Waals surface area contributed by atoms with Gasteiger partial charge in [0.1, 0.15) is 23.0 Å².